The summed E-state index contributed by atoms with van der Waals surface area (Å²) in [6.07, 6.45) is 0.625. The molecular weight excluding hydrogens is 366 g/mol. The molecule has 2 heterocycles. The fourth-order valence-electron chi connectivity index (χ4n) is 2.94. The van der Waals surface area contributed by atoms with Crippen molar-refractivity contribution in [1.29, 1.82) is 0 Å². The van der Waals surface area contributed by atoms with Crippen LogP contribution in [0.1, 0.15) is 20.7 Å². The third-order valence-electron chi connectivity index (χ3n) is 4.52. The van der Waals surface area contributed by atoms with Crippen molar-refractivity contribution in [3.05, 3.63) is 66.0 Å². The summed E-state index contributed by atoms with van der Waals surface area (Å²) in [6.45, 7) is -0.912. The van der Waals surface area contributed by atoms with Crippen LogP contribution in [-0.4, -0.2) is 74.8 Å². The molecule has 0 saturated carbocycles. The van der Waals surface area contributed by atoms with E-state index >= 15 is 0 Å². The molecule has 1 fully saturated rings. The Kier molecular flexibility index (Phi) is 6.00. The van der Waals surface area contributed by atoms with Gasteiger partial charge in [0.05, 0.1) is 18.7 Å². The fraction of sp³-hybridized carbons (Fsp3) is 0.316. The van der Waals surface area contributed by atoms with Crippen molar-refractivity contribution in [2.75, 3.05) is 19.7 Å². The molecule has 3 rings (SSSR count). The average Bonchev–Trinajstić information content (AvgIpc) is 3.00. The first-order chi connectivity index (χ1) is 13.4. The summed E-state index contributed by atoms with van der Waals surface area (Å²) < 4.78 is 5.37. The van der Waals surface area contributed by atoms with Gasteiger partial charge in [0.1, 0.15) is 17.8 Å². The van der Waals surface area contributed by atoms with Crippen LogP contribution in [0.3, 0.4) is 0 Å². The Labute approximate surface area is 161 Å². The normalized spacial score (nSPS) is 24.0. The monoisotopic (exact) mass is 387 g/mol. The van der Waals surface area contributed by atoms with E-state index in [4.69, 9.17) is 4.74 Å². The molecule has 4 N–H and O–H groups in total. The van der Waals surface area contributed by atoms with Gasteiger partial charge >= 0.3 is 0 Å². The maximum atomic E-state index is 12.2. The third-order valence-corrected chi connectivity index (χ3v) is 4.52. The second-order valence-corrected chi connectivity index (χ2v) is 6.58. The Hall–Kier alpha value is -2.85. The van der Waals surface area contributed by atoms with Crippen LogP contribution in [-0.2, 0) is 4.74 Å². The summed E-state index contributed by atoms with van der Waals surface area (Å²) in [7, 11) is 0. The zero-order chi connectivity index (χ0) is 20.1. The number of hydroxylamine groups is 2. The predicted octanol–water partition coefficient (Wildman–Crippen LogP) is -0.166. The lowest BCUT2D eigenvalue weighted by Gasteiger charge is -2.29. The van der Waals surface area contributed by atoms with Gasteiger partial charge in [-0.05, 0) is 24.3 Å². The van der Waals surface area contributed by atoms with E-state index in [2.05, 4.69) is 10.3 Å². The van der Waals surface area contributed by atoms with Gasteiger partial charge in [-0.3, -0.25) is 19.8 Å². The number of nitrogens with zero attached hydrogens (tertiary/aromatic N) is 2. The molecular formula is C19H21N3O6. The van der Waals surface area contributed by atoms with Gasteiger partial charge in [0, 0.05) is 24.5 Å². The quantitative estimate of drug-likeness (QED) is 0.400. The molecule has 2 amide bonds. The number of aromatic nitrogens is 1. The Morgan fingerprint density at radius 3 is 2.61 bits per heavy atom. The van der Waals surface area contributed by atoms with Gasteiger partial charge in [-0.15, -0.1) is 0 Å². The highest BCUT2D eigenvalue weighted by Crippen LogP contribution is 2.26. The standard InChI is InChI=1S/C19H21N3O6/c23-16-15(10-21-17(24)14-7-4-8-20-9-14)28-12-19(16,26)11-22(27)18(25)13-5-2-1-3-6-13/h1-9,15-16,23,26-27H,10-12H2,(H,21,24)/t15-,16-,19+/m1/s1. The zero-order valence-electron chi connectivity index (χ0n) is 14.9. The van der Waals surface area contributed by atoms with Crippen LogP contribution in [0.25, 0.3) is 0 Å². The smallest absolute Gasteiger partial charge is 0.277 e. The molecule has 9 heteroatoms. The number of hydrogen-bond donors (Lipinski definition) is 4. The number of nitrogens with one attached hydrogen (secondary N) is 1. The number of ether oxygens (including phenoxy) is 1. The van der Waals surface area contributed by atoms with Crippen LogP contribution in [0.2, 0.25) is 0 Å². The van der Waals surface area contributed by atoms with Gasteiger partial charge in [-0.2, -0.15) is 0 Å². The van der Waals surface area contributed by atoms with Crippen LogP contribution in [0, 0.1) is 0 Å². The minimum atomic E-state index is -1.87. The Morgan fingerprint density at radius 2 is 1.93 bits per heavy atom. The molecule has 148 valence electrons. The molecule has 0 bridgehead atoms. The first-order valence-electron chi connectivity index (χ1n) is 8.67. The Balaban J connectivity index is 1.56. The van der Waals surface area contributed by atoms with Gasteiger partial charge < -0.3 is 20.3 Å². The lowest BCUT2D eigenvalue weighted by Crippen LogP contribution is -2.54. The second-order valence-electron chi connectivity index (χ2n) is 6.58. The van der Waals surface area contributed by atoms with Crippen molar-refractivity contribution in [2.45, 2.75) is 17.8 Å². The molecule has 0 spiro atoms. The summed E-state index contributed by atoms with van der Waals surface area (Å²) in [5, 5.41) is 34.0. The van der Waals surface area contributed by atoms with Crippen LogP contribution >= 0.6 is 0 Å². The molecule has 0 radical (unpaired) electrons. The van der Waals surface area contributed by atoms with E-state index in [1.807, 2.05) is 0 Å². The number of benzene rings is 1. The SMILES string of the molecule is O=C(NC[C@H]1OC[C@@](O)(CN(O)C(=O)c2ccccc2)[C@@H]1O)c1cccnc1. The number of aliphatic hydroxyl groups excluding tert-OH is 1. The van der Waals surface area contributed by atoms with Gasteiger partial charge in [0.15, 0.2) is 0 Å². The number of hydrogen-bond acceptors (Lipinski definition) is 7. The number of pyridine rings is 1. The van der Waals surface area contributed by atoms with E-state index in [1.165, 1.54) is 24.5 Å². The lowest BCUT2D eigenvalue weighted by molar-refractivity contribution is -0.133. The summed E-state index contributed by atoms with van der Waals surface area (Å²) in [6, 6.07) is 11.3. The highest BCUT2D eigenvalue weighted by Gasteiger charge is 2.49. The van der Waals surface area contributed by atoms with E-state index in [-0.39, 0.29) is 18.7 Å². The topological polar surface area (TPSA) is 132 Å². The van der Waals surface area contributed by atoms with Crippen LogP contribution in [0.4, 0.5) is 0 Å². The molecule has 0 unspecified atom stereocenters. The molecule has 2 aromatic rings. The molecule has 28 heavy (non-hydrogen) atoms. The Morgan fingerprint density at radius 1 is 1.21 bits per heavy atom. The van der Waals surface area contributed by atoms with Gasteiger partial charge in [0.2, 0.25) is 0 Å². The number of aliphatic hydroxyl groups is 2. The summed E-state index contributed by atoms with van der Waals surface area (Å²) >= 11 is 0. The highest BCUT2D eigenvalue weighted by molar-refractivity contribution is 5.94. The van der Waals surface area contributed by atoms with E-state index in [1.54, 1.807) is 30.3 Å². The van der Waals surface area contributed by atoms with E-state index in [9.17, 15) is 25.0 Å². The lowest BCUT2D eigenvalue weighted by atomic mass is 9.96. The molecule has 0 aliphatic carbocycles. The number of rotatable bonds is 6. The third kappa shape index (κ3) is 4.34. The van der Waals surface area contributed by atoms with Crippen LogP contribution in [0.15, 0.2) is 54.9 Å². The van der Waals surface area contributed by atoms with Gasteiger partial charge in [0.25, 0.3) is 11.8 Å². The summed E-state index contributed by atoms with van der Waals surface area (Å²) in [5.41, 5.74) is -1.29. The summed E-state index contributed by atoms with van der Waals surface area (Å²) in [4.78, 5) is 28.1. The maximum absolute atomic E-state index is 12.2. The zero-order valence-corrected chi connectivity index (χ0v) is 14.9. The fourth-order valence-corrected chi connectivity index (χ4v) is 2.94. The molecule has 1 saturated heterocycles. The number of carbonyl (C=O) groups is 2. The number of amides is 2. The molecule has 1 aromatic heterocycles. The van der Waals surface area contributed by atoms with Crippen molar-refractivity contribution in [3.63, 3.8) is 0 Å². The van der Waals surface area contributed by atoms with E-state index in [0.717, 1.165) is 0 Å². The van der Waals surface area contributed by atoms with Gasteiger partial charge in [-0.1, -0.05) is 18.2 Å². The van der Waals surface area contributed by atoms with Crippen molar-refractivity contribution in [2.24, 2.45) is 0 Å². The van der Waals surface area contributed by atoms with Crippen LogP contribution in [0.5, 0.6) is 0 Å². The highest BCUT2D eigenvalue weighted by atomic mass is 16.5. The van der Waals surface area contributed by atoms with Crippen molar-refractivity contribution < 1.29 is 29.7 Å². The average molecular weight is 387 g/mol. The van der Waals surface area contributed by atoms with E-state index < -0.39 is 36.2 Å². The maximum Gasteiger partial charge on any atom is 0.277 e. The van der Waals surface area contributed by atoms with E-state index in [0.29, 0.717) is 10.6 Å². The largest absolute Gasteiger partial charge is 0.387 e. The minimum Gasteiger partial charge on any atom is -0.387 e. The molecule has 1 aliphatic heterocycles. The predicted molar refractivity (Wildman–Crippen MR) is 96.5 cm³/mol. The van der Waals surface area contributed by atoms with Crippen molar-refractivity contribution in [3.8, 4) is 0 Å². The molecule has 3 atom stereocenters. The number of carbonyl (C=O) groups excluding carboxylic acids is 2. The molecule has 1 aromatic carbocycles. The van der Waals surface area contributed by atoms with Crippen molar-refractivity contribution in [1.82, 2.24) is 15.4 Å². The molecule has 9 nitrogen and oxygen atoms in total. The Bertz CT molecular complexity index is 819. The first kappa shape index (κ1) is 19.9. The minimum absolute atomic E-state index is 0.0603. The van der Waals surface area contributed by atoms with Crippen LogP contribution < -0.4 is 5.32 Å². The van der Waals surface area contributed by atoms with Gasteiger partial charge in [-0.25, -0.2) is 5.06 Å². The summed E-state index contributed by atoms with van der Waals surface area (Å²) in [5.74, 6) is -1.11. The second kappa shape index (κ2) is 8.44. The van der Waals surface area contributed by atoms with Crippen molar-refractivity contribution >= 4 is 11.8 Å². The molecule has 1 aliphatic rings. The first-order valence-corrected chi connectivity index (χ1v) is 8.67.